The van der Waals surface area contributed by atoms with Crippen LogP contribution in [0.5, 0.6) is 0 Å². The summed E-state index contributed by atoms with van der Waals surface area (Å²) in [6.45, 7) is 6.11. The highest BCUT2D eigenvalue weighted by Gasteiger charge is 2.18. The van der Waals surface area contributed by atoms with Crippen LogP contribution in [-0.2, 0) is 17.0 Å². The number of allylic oxidation sites excluding steroid dienone is 1. The number of aryl methyl sites for hydroxylation is 1. The van der Waals surface area contributed by atoms with Gasteiger partial charge in [-0.2, -0.15) is 0 Å². The molecule has 0 amide bonds. The molecule has 3 rings (SSSR count). The molecule has 140 valence electrons. The van der Waals surface area contributed by atoms with E-state index in [9.17, 15) is 4.79 Å². The van der Waals surface area contributed by atoms with Gasteiger partial charge in [0.15, 0.2) is 11.0 Å². The molecule has 0 aliphatic carbocycles. The summed E-state index contributed by atoms with van der Waals surface area (Å²) < 4.78 is 12.4. The Labute approximate surface area is 166 Å². The lowest BCUT2D eigenvalue weighted by atomic mass is 10.2. The van der Waals surface area contributed by atoms with Crippen molar-refractivity contribution in [2.24, 2.45) is 0 Å². The molecule has 8 heteroatoms. The third kappa shape index (κ3) is 4.26. The van der Waals surface area contributed by atoms with E-state index >= 15 is 0 Å². The molecule has 0 fully saturated rings. The number of furan rings is 1. The largest absolute Gasteiger partial charge is 0.465 e. The molecule has 0 spiro atoms. The maximum absolute atomic E-state index is 11.7. The molecule has 2 heterocycles. The maximum Gasteiger partial charge on any atom is 0.341 e. The summed E-state index contributed by atoms with van der Waals surface area (Å²) in [5, 5.41) is 9.99. The van der Waals surface area contributed by atoms with Gasteiger partial charge in [0.25, 0.3) is 0 Å². The van der Waals surface area contributed by atoms with Crippen LogP contribution >= 0.6 is 23.4 Å². The lowest BCUT2D eigenvalue weighted by Crippen LogP contribution is -2.01. The van der Waals surface area contributed by atoms with Gasteiger partial charge in [0, 0.05) is 17.1 Å². The van der Waals surface area contributed by atoms with Crippen molar-refractivity contribution in [3.63, 3.8) is 0 Å². The van der Waals surface area contributed by atoms with Gasteiger partial charge >= 0.3 is 5.97 Å². The van der Waals surface area contributed by atoms with Gasteiger partial charge in [-0.1, -0.05) is 29.4 Å². The Morgan fingerprint density at radius 1 is 1.37 bits per heavy atom. The fourth-order valence-corrected chi connectivity index (χ4v) is 3.52. The van der Waals surface area contributed by atoms with E-state index in [1.807, 2.05) is 28.8 Å². The molecular formula is C19H18ClN3O3S. The Kier molecular flexibility index (Phi) is 6.03. The molecule has 3 aromatic rings. The number of nitrogens with zero attached hydrogens (tertiary/aromatic N) is 3. The van der Waals surface area contributed by atoms with Crippen molar-refractivity contribution >= 4 is 29.3 Å². The summed E-state index contributed by atoms with van der Waals surface area (Å²) in [7, 11) is 1.35. The van der Waals surface area contributed by atoms with Crippen molar-refractivity contribution in [2.75, 3.05) is 7.11 Å². The number of esters is 1. The van der Waals surface area contributed by atoms with Crippen LogP contribution in [0.4, 0.5) is 0 Å². The number of methoxy groups -OCH3 is 1. The number of aromatic nitrogens is 3. The first-order valence-corrected chi connectivity index (χ1v) is 9.50. The molecule has 0 aliphatic heterocycles. The van der Waals surface area contributed by atoms with Gasteiger partial charge in [0.05, 0.1) is 12.9 Å². The molecule has 2 aromatic heterocycles. The number of rotatable bonds is 7. The van der Waals surface area contributed by atoms with Crippen LogP contribution in [0.25, 0.3) is 11.4 Å². The molecule has 0 radical (unpaired) electrons. The third-order valence-electron chi connectivity index (χ3n) is 3.85. The molecule has 0 saturated heterocycles. The van der Waals surface area contributed by atoms with Gasteiger partial charge in [-0.25, -0.2) is 4.79 Å². The SMILES string of the molecule is C=CCn1c(SCc2cc(C(=O)OC)c(C)o2)nnc1-c1ccc(Cl)cc1. The van der Waals surface area contributed by atoms with Crippen LogP contribution in [0.2, 0.25) is 5.02 Å². The fraction of sp³-hybridized carbons (Fsp3) is 0.211. The van der Waals surface area contributed by atoms with Crippen molar-refractivity contribution in [1.82, 2.24) is 14.8 Å². The normalized spacial score (nSPS) is 10.8. The molecule has 0 atom stereocenters. The average molecular weight is 404 g/mol. The number of ether oxygens (including phenoxy) is 1. The monoisotopic (exact) mass is 403 g/mol. The molecule has 0 saturated carbocycles. The summed E-state index contributed by atoms with van der Waals surface area (Å²) in [4.78, 5) is 11.7. The van der Waals surface area contributed by atoms with E-state index in [2.05, 4.69) is 16.8 Å². The number of carbonyl (C=O) groups excluding carboxylic acids is 1. The van der Waals surface area contributed by atoms with E-state index in [0.29, 0.717) is 34.4 Å². The minimum absolute atomic E-state index is 0.410. The first kappa shape index (κ1) is 19.3. The number of benzene rings is 1. The summed E-state index contributed by atoms with van der Waals surface area (Å²) in [5.41, 5.74) is 1.35. The van der Waals surface area contributed by atoms with E-state index in [1.54, 1.807) is 19.1 Å². The second kappa shape index (κ2) is 8.45. The van der Waals surface area contributed by atoms with Gasteiger partial charge in [-0.05, 0) is 37.3 Å². The van der Waals surface area contributed by atoms with Crippen molar-refractivity contribution in [3.05, 3.63) is 65.1 Å². The van der Waals surface area contributed by atoms with Gasteiger partial charge in [-0.15, -0.1) is 16.8 Å². The number of hydrogen-bond acceptors (Lipinski definition) is 6. The Morgan fingerprint density at radius 3 is 2.78 bits per heavy atom. The molecular weight excluding hydrogens is 386 g/mol. The molecule has 0 unspecified atom stereocenters. The summed E-state index contributed by atoms with van der Waals surface area (Å²) >= 11 is 7.43. The zero-order valence-electron chi connectivity index (χ0n) is 14.9. The van der Waals surface area contributed by atoms with Crippen molar-refractivity contribution in [1.29, 1.82) is 0 Å². The highest BCUT2D eigenvalue weighted by Crippen LogP contribution is 2.28. The minimum Gasteiger partial charge on any atom is -0.465 e. The van der Waals surface area contributed by atoms with Crippen LogP contribution in [0.1, 0.15) is 21.9 Å². The molecule has 0 bridgehead atoms. The van der Waals surface area contributed by atoms with Crippen LogP contribution in [0.3, 0.4) is 0 Å². The summed E-state index contributed by atoms with van der Waals surface area (Å²) in [5.74, 6) is 2.03. The lowest BCUT2D eigenvalue weighted by molar-refractivity contribution is 0.0599. The highest BCUT2D eigenvalue weighted by molar-refractivity contribution is 7.98. The fourth-order valence-electron chi connectivity index (χ4n) is 2.56. The molecule has 6 nitrogen and oxygen atoms in total. The highest BCUT2D eigenvalue weighted by atomic mass is 35.5. The molecule has 0 aliphatic rings. The predicted molar refractivity (Wildman–Crippen MR) is 105 cm³/mol. The van der Waals surface area contributed by atoms with Gasteiger partial charge in [-0.3, -0.25) is 4.57 Å². The number of hydrogen-bond donors (Lipinski definition) is 0. The van der Waals surface area contributed by atoms with Crippen LogP contribution in [0, 0.1) is 6.92 Å². The molecule has 1 aromatic carbocycles. The second-order valence-electron chi connectivity index (χ2n) is 5.68. The standard InChI is InChI=1S/C19H18ClN3O3S/c1-4-9-23-17(13-5-7-14(20)8-6-13)21-22-19(23)27-11-15-10-16(12(2)26-15)18(24)25-3/h4-8,10H,1,9,11H2,2-3H3. The smallest absolute Gasteiger partial charge is 0.341 e. The predicted octanol–water partition coefficient (Wildman–Crippen LogP) is 4.76. The summed E-state index contributed by atoms with van der Waals surface area (Å²) in [6, 6.07) is 9.13. The Morgan fingerprint density at radius 2 is 2.11 bits per heavy atom. The number of carbonyl (C=O) groups is 1. The summed E-state index contributed by atoms with van der Waals surface area (Å²) in [6.07, 6.45) is 1.79. The van der Waals surface area contributed by atoms with Crippen molar-refractivity contribution in [2.45, 2.75) is 24.4 Å². The van der Waals surface area contributed by atoms with Crippen LogP contribution in [-0.4, -0.2) is 27.8 Å². The van der Waals surface area contributed by atoms with Crippen LogP contribution in [0.15, 0.2) is 52.6 Å². The maximum atomic E-state index is 11.7. The Balaban J connectivity index is 1.82. The average Bonchev–Trinajstić information content (AvgIpc) is 3.24. The zero-order chi connectivity index (χ0) is 19.4. The van der Waals surface area contributed by atoms with Crippen LogP contribution < -0.4 is 0 Å². The van der Waals surface area contributed by atoms with Crippen molar-refractivity contribution in [3.8, 4) is 11.4 Å². The van der Waals surface area contributed by atoms with E-state index < -0.39 is 5.97 Å². The second-order valence-corrected chi connectivity index (χ2v) is 7.05. The number of halogens is 1. The Hall–Kier alpha value is -2.51. The zero-order valence-corrected chi connectivity index (χ0v) is 16.5. The van der Waals surface area contributed by atoms with E-state index in [4.69, 9.17) is 20.8 Å². The van der Waals surface area contributed by atoms with Gasteiger partial charge < -0.3 is 9.15 Å². The molecule has 0 N–H and O–H groups in total. The third-order valence-corrected chi connectivity index (χ3v) is 5.09. The topological polar surface area (TPSA) is 70.2 Å². The van der Waals surface area contributed by atoms with Crippen molar-refractivity contribution < 1.29 is 13.9 Å². The first-order chi connectivity index (χ1) is 13.0. The van der Waals surface area contributed by atoms with E-state index in [1.165, 1.54) is 18.9 Å². The minimum atomic E-state index is -0.410. The lowest BCUT2D eigenvalue weighted by Gasteiger charge is -2.07. The molecule has 27 heavy (non-hydrogen) atoms. The first-order valence-electron chi connectivity index (χ1n) is 8.14. The van der Waals surface area contributed by atoms with Gasteiger partial charge in [0.2, 0.25) is 0 Å². The Bertz CT molecular complexity index is 963. The van der Waals surface area contributed by atoms with Gasteiger partial charge in [0.1, 0.15) is 17.1 Å². The quantitative estimate of drug-likeness (QED) is 0.321. The van der Waals surface area contributed by atoms with E-state index in [-0.39, 0.29) is 0 Å². The number of thioether (sulfide) groups is 1. The van der Waals surface area contributed by atoms with E-state index in [0.717, 1.165) is 16.5 Å².